The van der Waals surface area contributed by atoms with Crippen LogP contribution >= 0.6 is 11.6 Å². The summed E-state index contributed by atoms with van der Waals surface area (Å²) < 4.78 is 18.6. The van der Waals surface area contributed by atoms with Crippen LogP contribution in [-0.4, -0.2) is 23.9 Å². The molecule has 0 atom stereocenters. The molecule has 0 unspecified atom stereocenters. The molecule has 1 aliphatic rings. The Bertz CT molecular complexity index is 389. The summed E-state index contributed by atoms with van der Waals surface area (Å²) in [6, 6.07) is 4.53. The Morgan fingerprint density at radius 1 is 1.56 bits per heavy atom. The van der Waals surface area contributed by atoms with E-state index in [1.54, 1.807) is 19.2 Å². The fourth-order valence-electron chi connectivity index (χ4n) is 2.12. The lowest BCUT2D eigenvalue weighted by molar-refractivity contribution is -0.126. The summed E-state index contributed by atoms with van der Waals surface area (Å²) >= 11 is 5.66. The zero-order valence-electron chi connectivity index (χ0n) is 9.04. The predicted octanol–water partition coefficient (Wildman–Crippen LogP) is 2.56. The Labute approximate surface area is 99.0 Å². The van der Waals surface area contributed by atoms with Crippen LogP contribution in [0.15, 0.2) is 18.2 Å². The molecule has 0 aromatic heterocycles. The second-order valence-electron chi connectivity index (χ2n) is 4.40. The minimum atomic E-state index is -0.824. The predicted molar refractivity (Wildman–Crippen MR) is 60.1 cm³/mol. The van der Waals surface area contributed by atoms with Crippen molar-refractivity contribution in [1.82, 2.24) is 0 Å². The van der Waals surface area contributed by atoms with E-state index in [9.17, 15) is 9.50 Å². The lowest BCUT2D eigenvalue weighted by atomic mass is 9.73. The highest BCUT2D eigenvalue weighted by molar-refractivity contribution is 6.30. The molecule has 0 radical (unpaired) electrons. The molecule has 1 aromatic carbocycles. The number of benzene rings is 1. The van der Waals surface area contributed by atoms with Crippen LogP contribution in [0.1, 0.15) is 18.4 Å². The largest absolute Gasteiger partial charge is 0.389 e. The van der Waals surface area contributed by atoms with E-state index in [1.807, 2.05) is 0 Å². The summed E-state index contributed by atoms with van der Waals surface area (Å²) in [5, 5.41) is 10.5. The number of aliphatic hydroxyl groups is 1. The van der Waals surface area contributed by atoms with E-state index < -0.39 is 5.60 Å². The molecule has 0 heterocycles. The highest BCUT2D eigenvalue weighted by atomic mass is 35.5. The van der Waals surface area contributed by atoms with E-state index in [4.69, 9.17) is 16.3 Å². The monoisotopic (exact) mass is 244 g/mol. The van der Waals surface area contributed by atoms with Gasteiger partial charge < -0.3 is 9.84 Å². The van der Waals surface area contributed by atoms with Gasteiger partial charge in [0.25, 0.3) is 0 Å². The van der Waals surface area contributed by atoms with Crippen molar-refractivity contribution >= 4 is 11.6 Å². The summed E-state index contributed by atoms with van der Waals surface area (Å²) in [6.45, 7) is 0. The average Bonchev–Trinajstić information content (AvgIpc) is 2.18. The van der Waals surface area contributed by atoms with E-state index >= 15 is 0 Å². The van der Waals surface area contributed by atoms with Gasteiger partial charge in [0, 0.05) is 31.4 Å². The van der Waals surface area contributed by atoms with Gasteiger partial charge in [0.05, 0.1) is 11.7 Å². The summed E-state index contributed by atoms with van der Waals surface area (Å²) in [6.07, 6.45) is 1.54. The molecule has 1 aromatic rings. The normalized spacial score (nSPS) is 28.9. The first-order valence-corrected chi connectivity index (χ1v) is 5.59. The molecule has 1 aliphatic carbocycles. The van der Waals surface area contributed by atoms with Crippen LogP contribution in [0.25, 0.3) is 0 Å². The van der Waals surface area contributed by atoms with Crippen LogP contribution in [0.2, 0.25) is 5.02 Å². The smallest absolute Gasteiger partial charge is 0.127 e. The van der Waals surface area contributed by atoms with Gasteiger partial charge in [0.1, 0.15) is 5.82 Å². The van der Waals surface area contributed by atoms with E-state index in [1.165, 1.54) is 6.07 Å². The molecule has 2 nitrogen and oxygen atoms in total. The molecule has 88 valence electrons. The fraction of sp³-hybridized carbons (Fsp3) is 0.500. The molecular weight excluding hydrogens is 231 g/mol. The molecule has 1 saturated carbocycles. The van der Waals surface area contributed by atoms with E-state index in [-0.39, 0.29) is 11.9 Å². The van der Waals surface area contributed by atoms with E-state index in [2.05, 4.69) is 0 Å². The third-order valence-electron chi connectivity index (χ3n) is 3.08. The van der Waals surface area contributed by atoms with Crippen molar-refractivity contribution in [3.05, 3.63) is 34.6 Å². The lowest BCUT2D eigenvalue weighted by Gasteiger charge is -2.42. The van der Waals surface area contributed by atoms with Crippen molar-refractivity contribution in [2.75, 3.05) is 7.11 Å². The Hall–Kier alpha value is -0.640. The first kappa shape index (κ1) is 11.8. The molecule has 1 fully saturated rings. The number of hydrogen-bond acceptors (Lipinski definition) is 2. The minimum absolute atomic E-state index is 0.0976. The van der Waals surface area contributed by atoms with Crippen molar-refractivity contribution in [3.63, 3.8) is 0 Å². The van der Waals surface area contributed by atoms with Crippen LogP contribution in [-0.2, 0) is 11.2 Å². The van der Waals surface area contributed by atoms with Crippen molar-refractivity contribution < 1.29 is 14.2 Å². The van der Waals surface area contributed by atoms with Gasteiger partial charge in [-0.15, -0.1) is 0 Å². The van der Waals surface area contributed by atoms with Gasteiger partial charge in [-0.2, -0.15) is 0 Å². The Kier molecular flexibility index (Phi) is 3.19. The summed E-state index contributed by atoms with van der Waals surface area (Å²) in [5.41, 5.74) is -0.323. The molecule has 0 amide bonds. The Morgan fingerprint density at radius 2 is 2.25 bits per heavy atom. The fourth-order valence-corrected chi connectivity index (χ4v) is 2.28. The van der Waals surface area contributed by atoms with Crippen LogP contribution in [0.3, 0.4) is 0 Å². The third-order valence-corrected chi connectivity index (χ3v) is 3.32. The summed E-state index contributed by atoms with van der Waals surface area (Å²) in [5.74, 6) is -0.359. The molecule has 0 aliphatic heterocycles. The van der Waals surface area contributed by atoms with Gasteiger partial charge in [0.15, 0.2) is 0 Å². The summed E-state index contributed by atoms with van der Waals surface area (Å²) in [4.78, 5) is 0. The lowest BCUT2D eigenvalue weighted by Crippen LogP contribution is -2.49. The minimum Gasteiger partial charge on any atom is -0.389 e. The molecule has 2 rings (SSSR count). The molecular formula is C12H14ClFO2. The molecule has 4 heteroatoms. The Morgan fingerprint density at radius 3 is 2.81 bits per heavy atom. The second-order valence-corrected chi connectivity index (χ2v) is 4.84. The number of rotatable bonds is 3. The highest BCUT2D eigenvalue weighted by Gasteiger charge is 2.43. The van der Waals surface area contributed by atoms with Crippen molar-refractivity contribution in [3.8, 4) is 0 Å². The number of ether oxygens (including phenoxy) is 1. The molecule has 1 N–H and O–H groups in total. The maximum absolute atomic E-state index is 13.5. The topological polar surface area (TPSA) is 29.5 Å². The zero-order valence-corrected chi connectivity index (χ0v) is 9.80. The van der Waals surface area contributed by atoms with Crippen LogP contribution in [0, 0.1) is 5.82 Å². The quantitative estimate of drug-likeness (QED) is 0.886. The number of hydrogen-bond donors (Lipinski definition) is 1. The Balaban J connectivity index is 2.05. The standard InChI is InChI=1S/C12H14ClFO2/c1-16-10-6-12(15,7-10)5-8-2-3-9(13)4-11(8)14/h2-4,10,15H,5-7H2,1H3. The van der Waals surface area contributed by atoms with Crippen molar-refractivity contribution in [2.24, 2.45) is 0 Å². The summed E-state index contributed by atoms with van der Waals surface area (Å²) in [7, 11) is 1.62. The van der Waals surface area contributed by atoms with Gasteiger partial charge in [-0.05, 0) is 17.7 Å². The van der Waals surface area contributed by atoms with E-state index in [0.717, 1.165) is 0 Å². The highest BCUT2D eigenvalue weighted by Crippen LogP contribution is 2.37. The second kappa shape index (κ2) is 4.32. The van der Waals surface area contributed by atoms with Gasteiger partial charge >= 0.3 is 0 Å². The third kappa shape index (κ3) is 2.37. The molecule has 0 bridgehead atoms. The van der Waals surface area contributed by atoms with Crippen LogP contribution < -0.4 is 0 Å². The number of halogens is 2. The van der Waals surface area contributed by atoms with E-state index in [0.29, 0.717) is 29.8 Å². The average molecular weight is 245 g/mol. The SMILES string of the molecule is COC1CC(O)(Cc2ccc(Cl)cc2F)C1. The maximum Gasteiger partial charge on any atom is 0.127 e. The van der Waals surface area contributed by atoms with Gasteiger partial charge in [0.2, 0.25) is 0 Å². The van der Waals surface area contributed by atoms with Crippen molar-refractivity contribution in [2.45, 2.75) is 31.0 Å². The number of methoxy groups -OCH3 is 1. The van der Waals surface area contributed by atoms with Crippen LogP contribution in [0.4, 0.5) is 4.39 Å². The van der Waals surface area contributed by atoms with Crippen molar-refractivity contribution in [1.29, 1.82) is 0 Å². The molecule has 16 heavy (non-hydrogen) atoms. The first-order valence-electron chi connectivity index (χ1n) is 5.21. The molecule has 0 spiro atoms. The zero-order chi connectivity index (χ0) is 11.8. The van der Waals surface area contributed by atoms with Gasteiger partial charge in [-0.25, -0.2) is 4.39 Å². The van der Waals surface area contributed by atoms with Gasteiger partial charge in [-0.3, -0.25) is 0 Å². The van der Waals surface area contributed by atoms with Crippen LogP contribution in [0.5, 0.6) is 0 Å². The first-order chi connectivity index (χ1) is 7.52. The maximum atomic E-state index is 13.5. The molecule has 0 saturated heterocycles. The van der Waals surface area contributed by atoms with Gasteiger partial charge in [-0.1, -0.05) is 17.7 Å².